The van der Waals surface area contributed by atoms with E-state index in [-0.39, 0.29) is 5.41 Å². The first-order valence-corrected chi connectivity index (χ1v) is 19.5. The largest absolute Gasteiger partial charge is 0.248 e. The molecule has 1 aliphatic rings. The number of hydrogen-bond donors (Lipinski definition) is 0. The summed E-state index contributed by atoms with van der Waals surface area (Å²) >= 11 is 0. The van der Waals surface area contributed by atoms with Gasteiger partial charge in [0.05, 0.1) is 11.2 Å². The topological polar surface area (TPSA) is 51.6 Å². The van der Waals surface area contributed by atoms with E-state index in [0.717, 1.165) is 71.5 Å². The number of rotatable bonds is 5. The van der Waals surface area contributed by atoms with Crippen molar-refractivity contribution in [3.8, 4) is 67.7 Å². The van der Waals surface area contributed by atoms with Crippen LogP contribution in [0.1, 0.15) is 25.0 Å². The maximum atomic E-state index is 5.38. The lowest BCUT2D eigenvalue weighted by molar-refractivity contribution is 0.661. The molecule has 0 spiro atoms. The van der Waals surface area contributed by atoms with Gasteiger partial charge in [-0.25, -0.2) is 19.9 Å². The fourth-order valence-electron chi connectivity index (χ4n) is 8.83. The van der Waals surface area contributed by atoms with E-state index in [2.05, 4.69) is 178 Å². The highest BCUT2D eigenvalue weighted by molar-refractivity contribution is 6.09. The van der Waals surface area contributed by atoms with E-state index in [4.69, 9.17) is 19.9 Å². The lowest BCUT2D eigenvalue weighted by Crippen LogP contribution is -2.14. The second kappa shape index (κ2) is 12.9. The predicted octanol–water partition coefficient (Wildman–Crippen LogP) is 13.4. The van der Waals surface area contributed by atoms with Gasteiger partial charge in [0.15, 0.2) is 17.5 Å². The minimum atomic E-state index is -0.145. The van der Waals surface area contributed by atoms with Gasteiger partial charge in [0.2, 0.25) is 0 Å². The summed E-state index contributed by atoms with van der Waals surface area (Å²) in [6.45, 7) is 4.65. The van der Waals surface area contributed by atoms with Gasteiger partial charge < -0.3 is 0 Å². The minimum absolute atomic E-state index is 0.145. The molecule has 0 fully saturated rings. The van der Waals surface area contributed by atoms with Crippen LogP contribution in [-0.2, 0) is 5.41 Å². The number of pyridine rings is 1. The Hall–Kier alpha value is -7.30. The standard InChI is InChI=1S/C53H36N4/c1-53(2)46-27-14-13-25-40(46)44-30-45-43(31-48(34-17-5-3-6-18-34)54-49(45)32-47(44)53)42-29-37(28-36-21-10-12-24-39(36)42)51-55-50(35-19-7-4-8-20-35)56-52(57-51)41-26-15-22-33-16-9-11-23-38(33)41/h3-32H,1-2H3. The Labute approximate surface area is 331 Å². The fourth-order valence-corrected chi connectivity index (χ4v) is 8.83. The van der Waals surface area contributed by atoms with E-state index < -0.39 is 0 Å². The molecule has 0 saturated heterocycles. The van der Waals surface area contributed by atoms with Gasteiger partial charge in [-0.1, -0.05) is 166 Å². The summed E-state index contributed by atoms with van der Waals surface area (Å²) in [4.78, 5) is 21.0. The van der Waals surface area contributed by atoms with Crippen LogP contribution < -0.4 is 0 Å². The number of aromatic nitrogens is 4. The highest BCUT2D eigenvalue weighted by Crippen LogP contribution is 2.51. The van der Waals surface area contributed by atoms with Crippen LogP contribution in [0, 0.1) is 0 Å². The van der Waals surface area contributed by atoms with Crippen LogP contribution in [-0.4, -0.2) is 19.9 Å². The summed E-state index contributed by atoms with van der Waals surface area (Å²) in [7, 11) is 0. The lowest BCUT2D eigenvalue weighted by Gasteiger charge is -2.22. The third kappa shape index (κ3) is 5.44. The third-order valence-corrected chi connectivity index (χ3v) is 11.7. The molecule has 0 unspecified atom stereocenters. The zero-order valence-corrected chi connectivity index (χ0v) is 31.6. The molecule has 0 radical (unpaired) electrons. The van der Waals surface area contributed by atoms with Gasteiger partial charge in [-0.15, -0.1) is 0 Å². The van der Waals surface area contributed by atoms with Crippen molar-refractivity contribution in [2.45, 2.75) is 19.3 Å². The van der Waals surface area contributed by atoms with Gasteiger partial charge in [-0.3, -0.25) is 0 Å². The van der Waals surface area contributed by atoms with E-state index in [1.54, 1.807) is 0 Å². The van der Waals surface area contributed by atoms with Crippen molar-refractivity contribution in [3.05, 3.63) is 193 Å². The number of fused-ring (bicyclic) bond motifs is 6. The van der Waals surface area contributed by atoms with Crippen molar-refractivity contribution in [2.75, 3.05) is 0 Å². The Kier molecular flexibility index (Phi) is 7.48. The molecule has 0 amide bonds. The summed E-state index contributed by atoms with van der Waals surface area (Å²) in [5, 5.41) is 5.62. The van der Waals surface area contributed by atoms with E-state index >= 15 is 0 Å². The molecule has 0 bridgehead atoms. The molecule has 4 heteroatoms. The lowest BCUT2D eigenvalue weighted by atomic mass is 9.82. The molecule has 0 aliphatic heterocycles. The van der Waals surface area contributed by atoms with Crippen molar-refractivity contribution < 1.29 is 0 Å². The fraction of sp³-hybridized carbons (Fsp3) is 0.0566. The molecule has 2 aromatic heterocycles. The summed E-state index contributed by atoms with van der Waals surface area (Å²) in [5.74, 6) is 1.90. The van der Waals surface area contributed by atoms with Crippen LogP contribution in [0.4, 0.5) is 0 Å². The summed E-state index contributed by atoms with van der Waals surface area (Å²) in [6, 6.07) is 64.3. The van der Waals surface area contributed by atoms with E-state index in [1.807, 2.05) is 18.2 Å². The van der Waals surface area contributed by atoms with Crippen molar-refractivity contribution in [3.63, 3.8) is 0 Å². The Morgan fingerprint density at radius 2 is 0.912 bits per heavy atom. The van der Waals surface area contributed by atoms with Crippen LogP contribution in [0.2, 0.25) is 0 Å². The monoisotopic (exact) mass is 728 g/mol. The molecule has 0 N–H and O–H groups in total. The zero-order chi connectivity index (χ0) is 38.1. The SMILES string of the molecule is CC1(C)c2ccccc2-c2cc3c(-c4cc(-c5nc(-c6ccccc6)nc(-c6cccc7ccccc67)n5)cc5ccccc45)cc(-c4ccccc4)nc3cc21. The number of hydrogen-bond acceptors (Lipinski definition) is 4. The maximum absolute atomic E-state index is 5.38. The van der Waals surface area contributed by atoms with Gasteiger partial charge in [-0.05, 0) is 85.3 Å². The molecule has 10 aromatic rings. The molecule has 11 rings (SSSR count). The molecule has 2 heterocycles. The summed E-state index contributed by atoms with van der Waals surface area (Å²) < 4.78 is 0. The van der Waals surface area contributed by atoms with Crippen LogP contribution in [0.3, 0.4) is 0 Å². The highest BCUT2D eigenvalue weighted by atomic mass is 15.0. The van der Waals surface area contributed by atoms with Crippen molar-refractivity contribution in [2.24, 2.45) is 0 Å². The molecule has 1 aliphatic carbocycles. The molecule has 268 valence electrons. The number of nitrogens with zero attached hydrogens (tertiary/aromatic N) is 4. The highest BCUT2D eigenvalue weighted by Gasteiger charge is 2.36. The zero-order valence-electron chi connectivity index (χ0n) is 31.6. The maximum Gasteiger partial charge on any atom is 0.164 e. The second-order valence-electron chi connectivity index (χ2n) is 15.5. The average Bonchev–Trinajstić information content (AvgIpc) is 3.50. The minimum Gasteiger partial charge on any atom is -0.248 e. The Morgan fingerprint density at radius 1 is 0.333 bits per heavy atom. The Morgan fingerprint density at radius 3 is 1.70 bits per heavy atom. The van der Waals surface area contributed by atoms with Crippen molar-refractivity contribution in [1.82, 2.24) is 19.9 Å². The van der Waals surface area contributed by atoms with Crippen LogP contribution in [0.25, 0.3) is 100 Å². The normalized spacial score (nSPS) is 12.9. The first kappa shape index (κ1) is 33.1. The third-order valence-electron chi connectivity index (χ3n) is 11.7. The van der Waals surface area contributed by atoms with Gasteiger partial charge in [0, 0.05) is 33.1 Å². The second-order valence-corrected chi connectivity index (χ2v) is 15.5. The first-order valence-electron chi connectivity index (χ1n) is 19.5. The predicted molar refractivity (Wildman–Crippen MR) is 235 cm³/mol. The Balaban J connectivity index is 1.20. The number of benzene rings is 8. The van der Waals surface area contributed by atoms with Crippen LogP contribution >= 0.6 is 0 Å². The molecule has 0 atom stereocenters. The van der Waals surface area contributed by atoms with E-state index in [9.17, 15) is 0 Å². The summed E-state index contributed by atoms with van der Waals surface area (Å²) in [5.41, 5.74) is 13.1. The van der Waals surface area contributed by atoms with Crippen LogP contribution in [0.5, 0.6) is 0 Å². The van der Waals surface area contributed by atoms with Crippen LogP contribution in [0.15, 0.2) is 182 Å². The Bertz CT molecular complexity index is 3200. The quantitative estimate of drug-likeness (QED) is 0.177. The van der Waals surface area contributed by atoms with E-state index in [1.165, 1.54) is 22.3 Å². The van der Waals surface area contributed by atoms with Gasteiger partial charge in [0.25, 0.3) is 0 Å². The smallest absolute Gasteiger partial charge is 0.164 e. The average molecular weight is 729 g/mol. The molecule has 8 aromatic carbocycles. The molecular weight excluding hydrogens is 693 g/mol. The molecule has 57 heavy (non-hydrogen) atoms. The van der Waals surface area contributed by atoms with E-state index in [0.29, 0.717) is 17.5 Å². The summed E-state index contributed by atoms with van der Waals surface area (Å²) in [6.07, 6.45) is 0. The first-order chi connectivity index (χ1) is 28.0. The van der Waals surface area contributed by atoms with Crippen molar-refractivity contribution in [1.29, 1.82) is 0 Å². The molecular formula is C53H36N4. The van der Waals surface area contributed by atoms with Crippen molar-refractivity contribution >= 4 is 32.4 Å². The van der Waals surface area contributed by atoms with Gasteiger partial charge in [-0.2, -0.15) is 0 Å². The molecule has 4 nitrogen and oxygen atoms in total. The molecule has 0 saturated carbocycles. The van der Waals surface area contributed by atoms with Gasteiger partial charge in [0.1, 0.15) is 0 Å². The van der Waals surface area contributed by atoms with Gasteiger partial charge >= 0.3 is 0 Å².